The van der Waals surface area contributed by atoms with Crippen LogP contribution < -0.4 is 5.73 Å². The van der Waals surface area contributed by atoms with Crippen molar-refractivity contribution in [3.05, 3.63) is 41.2 Å². The van der Waals surface area contributed by atoms with Gasteiger partial charge in [-0.3, -0.25) is 0 Å². The van der Waals surface area contributed by atoms with E-state index in [-0.39, 0.29) is 0 Å². The minimum Gasteiger partial charge on any atom is -0.342 e. The van der Waals surface area contributed by atoms with E-state index in [0.717, 1.165) is 22.8 Å². The Bertz CT molecular complexity index is 471. The van der Waals surface area contributed by atoms with Gasteiger partial charge < -0.3 is 10.7 Å². The van der Waals surface area contributed by atoms with Crippen LogP contribution in [0, 0.1) is 13.8 Å². The van der Waals surface area contributed by atoms with Gasteiger partial charge >= 0.3 is 0 Å². The average molecular weight is 201 g/mol. The third-order valence-corrected chi connectivity index (χ3v) is 2.47. The zero-order valence-electron chi connectivity index (χ0n) is 9.04. The number of hydrogen-bond acceptors (Lipinski definition) is 2. The van der Waals surface area contributed by atoms with Gasteiger partial charge in [0.1, 0.15) is 5.82 Å². The number of aromatic amines is 1. The summed E-state index contributed by atoms with van der Waals surface area (Å²) >= 11 is 0. The lowest BCUT2D eigenvalue weighted by molar-refractivity contribution is 0.993. The first kappa shape index (κ1) is 9.93. The predicted molar refractivity (Wildman–Crippen MR) is 61.4 cm³/mol. The molecule has 3 nitrogen and oxygen atoms in total. The highest BCUT2D eigenvalue weighted by Gasteiger charge is 2.06. The smallest absolute Gasteiger partial charge is 0.137 e. The molecule has 3 N–H and O–H groups in total. The van der Waals surface area contributed by atoms with Gasteiger partial charge in [-0.1, -0.05) is 23.8 Å². The molecule has 0 fully saturated rings. The van der Waals surface area contributed by atoms with Crippen molar-refractivity contribution >= 4 is 0 Å². The van der Waals surface area contributed by atoms with Crippen molar-refractivity contribution in [3.8, 4) is 11.4 Å². The Hall–Kier alpha value is -1.61. The average Bonchev–Trinajstić information content (AvgIpc) is 2.60. The molecule has 0 radical (unpaired) electrons. The molecule has 2 aromatic rings. The third-order valence-electron chi connectivity index (χ3n) is 2.47. The summed E-state index contributed by atoms with van der Waals surface area (Å²) in [5, 5.41) is 0. The van der Waals surface area contributed by atoms with Crippen LogP contribution in [0.1, 0.15) is 17.0 Å². The zero-order chi connectivity index (χ0) is 10.8. The van der Waals surface area contributed by atoms with Crippen molar-refractivity contribution in [2.24, 2.45) is 5.73 Å². The Kier molecular flexibility index (Phi) is 2.56. The van der Waals surface area contributed by atoms with E-state index in [4.69, 9.17) is 5.73 Å². The maximum absolute atomic E-state index is 5.59. The molecule has 0 amide bonds. The Morgan fingerprint density at radius 2 is 2.13 bits per heavy atom. The van der Waals surface area contributed by atoms with Crippen molar-refractivity contribution < 1.29 is 0 Å². The second-order valence-corrected chi connectivity index (χ2v) is 3.73. The van der Waals surface area contributed by atoms with Crippen molar-refractivity contribution in [2.75, 3.05) is 0 Å². The highest BCUT2D eigenvalue weighted by atomic mass is 14.9. The topological polar surface area (TPSA) is 54.7 Å². The van der Waals surface area contributed by atoms with E-state index in [0.29, 0.717) is 6.54 Å². The monoisotopic (exact) mass is 201 g/mol. The molecule has 0 unspecified atom stereocenters. The molecule has 0 spiro atoms. The minimum atomic E-state index is 0.480. The lowest BCUT2D eigenvalue weighted by Crippen LogP contribution is -1.98. The summed E-state index contributed by atoms with van der Waals surface area (Å²) in [4.78, 5) is 7.71. The summed E-state index contributed by atoms with van der Waals surface area (Å²) in [7, 11) is 0. The largest absolute Gasteiger partial charge is 0.342 e. The fraction of sp³-hybridized carbons (Fsp3) is 0.250. The maximum Gasteiger partial charge on any atom is 0.137 e. The molecule has 3 heteroatoms. The van der Waals surface area contributed by atoms with Crippen LogP contribution in [0.25, 0.3) is 11.4 Å². The summed E-state index contributed by atoms with van der Waals surface area (Å²) in [6.45, 7) is 4.55. The molecule has 15 heavy (non-hydrogen) atoms. The lowest BCUT2D eigenvalue weighted by Gasteiger charge is -1.97. The highest BCUT2D eigenvalue weighted by Crippen LogP contribution is 2.18. The van der Waals surface area contributed by atoms with Crippen LogP contribution in [-0.2, 0) is 6.54 Å². The zero-order valence-corrected chi connectivity index (χ0v) is 9.04. The number of hydrogen-bond donors (Lipinski definition) is 2. The van der Waals surface area contributed by atoms with E-state index in [9.17, 15) is 0 Å². The molecule has 78 valence electrons. The van der Waals surface area contributed by atoms with Crippen molar-refractivity contribution in [1.29, 1.82) is 0 Å². The van der Waals surface area contributed by atoms with Crippen LogP contribution in [0.5, 0.6) is 0 Å². The fourth-order valence-corrected chi connectivity index (χ4v) is 1.62. The van der Waals surface area contributed by atoms with Gasteiger partial charge in [0.05, 0.1) is 5.69 Å². The highest BCUT2D eigenvalue weighted by molar-refractivity contribution is 5.56. The first-order valence-electron chi connectivity index (χ1n) is 5.03. The molecule has 0 atom stereocenters. The Morgan fingerprint density at radius 3 is 2.73 bits per heavy atom. The van der Waals surface area contributed by atoms with Gasteiger partial charge in [0.2, 0.25) is 0 Å². The number of nitrogens with one attached hydrogen (secondary N) is 1. The number of nitrogens with two attached hydrogens (primary N) is 1. The molecular formula is C12H15N3. The SMILES string of the molecule is Cc1cccc(-c2nc(CN)c(C)[nH]2)c1. The fourth-order valence-electron chi connectivity index (χ4n) is 1.62. The normalized spacial score (nSPS) is 10.6. The van der Waals surface area contributed by atoms with Gasteiger partial charge in [-0.15, -0.1) is 0 Å². The van der Waals surface area contributed by atoms with Crippen LogP contribution in [0.3, 0.4) is 0 Å². The molecular weight excluding hydrogens is 186 g/mol. The van der Waals surface area contributed by atoms with Gasteiger partial charge in [-0.05, 0) is 19.9 Å². The number of H-pyrrole nitrogens is 1. The number of benzene rings is 1. The van der Waals surface area contributed by atoms with Crippen molar-refractivity contribution in [2.45, 2.75) is 20.4 Å². The van der Waals surface area contributed by atoms with Gasteiger partial charge in [-0.25, -0.2) is 4.98 Å². The predicted octanol–water partition coefficient (Wildman–Crippen LogP) is 2.15. The van der Waals surface area contributed by atoms with E-state index in [1.807, 2.05) is 19.1 Å². The number of rotatable bonds is 2. The number of aryl methyl sites for hydroxylation is 2. The molecule has 0 aliphatic rings. The quantitative estimate of drug-likeness (QED) is 0.782. The van der Waals surface area contributed by atoms with E-state index in [2.05, 4.69) is 29.0 Å². The second kappa shape index (κ2) is 3.87. The van der Waals surface area contributed by atoms with E-state index in [1.54, 1.807) is 0 Å². The van der Waals surface area contributed by atoms with Crippen LogP contribution in [0.2, 0.25) is 0 Å². The minimum absolute atomic E-state index is 0.480. The molecule has 0 bridgehead atoms. The standard InChI is InChI=1S/C12H15N3/c1-8-4-3-5-10(6-8)12-14-9(2)11(7-13)15-12/h3-6H,7,13H2,1-2H3,(H,14,15). The Labute approximate surface area is 89.4 Å². The molecule has 1 aromatic carbocycles. The van der Waals surface area contributed by atoms with Crippen LogP contribution in [0.4, 0.5) is 0 Å². The third kappa shape index (κ3) is 1.92. The summed E-state index contributed by atoms with van der Waals surface area (Å²) in [6, 6.07) is 8.26. The number of imidazole rings is 1. The van der Waals surface area contributed by atoms with Crippen molar-refractivity contribution in [3.63, 3.8) is 0 Å². The summed E-state index contributed by atoms with van der Waals surface area (Å²) in [5.74, 6) is 0.900. The van der Waals surface area contributed by atoms with Gasteiger partial charge in [0.25, 0.3) is 0 Å². The molecule has 1 aromatic heterocycles. The molecule has 0 aliphatic heterocycles. The van der Waals surface area contributed by atoms with E-state index in [1.165, 1.54) is 5.56 Å². The van der Waals surface area contributed by atoms with Crippen LogP contribution in [-0.4, -0.2) is 9.97 Å². The van der Waals surface area contributed by atoms with E-state index < -0.39 is 0 Å². The lowest BCUT2D eigenvalue weighted by atomic mass is 10.1. The molecule has 0 saturated carbocycles. The van der Waals surface area contributed by atoms with Gasteiger partial charge in [0, 0.05) is 17.8 Å². The maximum atomic E-state index is 5.59. The number of nitrogens with zero attached hydrogens (tertiary/aromatic N) is 1. The molecule has 2 rings (SSSR count). The van der Waals surface area contributed by atoms with Crippen LogP contribution in [0.15, 0.2) is 24.3 Å². The Morgan fingerprint density at radius 1 is 1.33 bits per heavy atom. The molecule has 0 saturated heterocycles. The first-order chi connectivity index (χ1) is 7.20. The number of aromatic nitrogens is 2. The summed E-state index contributed by atoms with van der Waals surface area (Å²) in [6.07, 6.45) is 0. The van der Waals surface area contributed by atoms with Gasteiger partial charge in [-0.2, -0.15) is 0 Å². The summed E-state index contributed by atoms with van der Waals surface area (Å²) < 4.78 is 0. The van der Waals surface area contributed by atoms with Crippen molar-refractivity contribution in [1.82, 2.24) is 9.97 Å². The molecule has 0 aliphatic carbocycles. The second-order valence-electron chi connectivity index (χ2n) is 3.73. The van der Waals surface area contributed by atoms with Crippen LogP contribution >= 0.6 is 0 Å². The van der Waals surface area contributed by atoms with Gasteiger partial charge in [0.15, 0.2) is 0 Å². The molecule has 1 heterocycles. The van der Waals surface area contributed by atoms with E-state index >= 15 is 0 Å². The Balaban J connectivity index is 2.45. The summed E-state index contributed by atoms with van der Waals surface area (Å²) in [5.41, 5.74) is 9.92. The first-order valence-corrected chi connectivity index (χ1v) is 5.03.